The molecular weight excluding hydrogens is 268 g/mol. The number of carboxylic acid groups (broad SMARTS) is 1. The standard InChI is InChI=1S/C16H18N2O3/c1-16(21-2,12-7-4-3-5-8-12)11-17-14-10-6-9-13(18-14)15(19)20/h3-10H,11H2,1-2H3,(H,17,18)(H,19,20). The Labute approximate surface area is 123 Å². The van der Waals surface area contributed by atoms with Gasteiger partial charge in [0.1, 0.15) is 11.4 Å². The van der Waals surface area contributed by atoms with E-state index in [1.165, 1.54) is 6.07 Å². The second kappa shape index (κ2) is 6.37. The number of carboxylic acids is 1. The summed E-state index contributed by atoms with van der Waals surface area (Å²) in [6, 6.07) is 14.7. The van der Waals surface area contributed by atoms with E-state index in [2.05, 4.69) is 10.3 Å². The maximum absolute atomic E-state index is 10.9. The normalized spacial score (nSPS) is 13.4. The number of carbonyl (C=O) groups is 1. The first-order valence-corrected chi connectivity index (χ1v) is 6.60. The molecule has 0 saturated heterocycles. The van der Waals surface area contributed by atoms with Gasteiger partial charge in [0.05, 0.1) is 0 Å². The lowest BCUT2D eigenvalue weighted by molar-refractivity contribution is 0.0137. The number of benzene rings is 1. The first-order valence-electron chi connectivity index (χ1n) is 6.60. The van der Waals surface area contributed by atoms with Gasteiger partial charge in [0.25, 0.3) is 0 Å². The highest BCUT2D eigenvalue weighted by atomic mass is 16.5. The van der Waals surface area contributed by atoms with Gasteiger partial charge in [0.2, 0.25) is 0 Å². The number of rotatable bonds is 6. The number of aromatic carboxylic acids is 1. The molecule has 1 atom stereocenters. The van der Waals surface area contributed by atoms with E-state index in [-0.39, 0.29) is 5.69 Å². The summed E-state index contributed by atoms with van der Waals surface area (Å²) in [4.78, 5) is 15.0. The molecule has 1 aromatic heterocycles. The molecule has 0 aliphatic heterocycles. The van der Waals surface area contributed by atoms with Crippen LogP contribution in [0.1, 0.15) is 23.0 Å². The van der Waals surface area contributed by atoms with Crippen molar-refractivity contribution in [1.29, 1.82) is 0 Å². The molecule has 110 valence electrons. The number of methoxy groups -OCH3 is 1. The van der Waals surface area contributed by atoms with E-state index in [0.29, 0.717) is 12.4 Å². The first kappa shape index (κ1) is 15.0. The molecule has 1 unspecified atom stereocenters. The summed E-state index contributed by atoms with van der Waals surface area (Å²) in [6.07, 6.45) is 0. The lowest BCUT2D eigenvalue weighted by atomic mass is 9.96. The number of anilines is 1. The van der Waals surface area contributed by atoms with Gasteiger partial charge in [-0.05, 0) is 24.6 Å². The molecule has 0 bridgehead atoms. The summed E-state index contributed by atoms with van der Waals surface area (Å²) in [7, 11) is 1.65. The van der Waals surface area contributed by atoms with Gasteiger partial charge in [-0.1, -0.05) is 36.4 Å². The molecule has 1 heterocycles. The van der Waals surface area contributed by atoms with Crippen LogP contribution in [0.5, 0.6) is 0 Å². The average molecular weight is 286 g/mol. The van der Waals surface area contributed by atoms with Crippen molar-refractivity contribution in [2.75, 3.05) is 19.0 Å². The number of pyridine rings is 1. The number of hydrogen-bond donors (Lipinski definition) is 2. The molecule has 0 fully saturated rings. The Morgan fingerprint density at radius 2 is 1.95 bits per heavy atom. The Balaban J connectivity index is 2.13. The average Bonchev–Trinajstić information content (AvgIpc) is 2.53. The minimum Gasteiger partial charge on any atom is -0.477 e. The van der Waals surface area contributed by atoms with Crippen LogP contribution in [0, 0.1) is 0 Å². The Hall–Kier alpha value is -2.40. The Bertz CT molecular complexity index is 616. The smallest absolute Gasteiger partial charge is 0.354 e. The Morgan fingerprint density at radius 3 is 2.57 bits per heavy atom. The van der Waals surface area contributed by atoms with Crippen molar-refractivity contribution in [2.45, 2.75) is 12.5 Å². The fraction of sp³-hybridized carbons (Fsp3) is 0.250. The van der Waals surface area contributed by atoms with Gasteiger partial charge in [0.15, 0.2) is 5.69 Å². The summed E-state index contributed by atoms with van der Waals surface area (Å²) >= 11 is 0. The number of nitrogens with zero attached hydrogens (tertiary/aromatic N) is 1. The van der Waals surface area contributed by atoms with Gasteiger partial charge in [0, 0.05) is 13.7 Å². The number of nitrogens with one attached hydrogen (secondary N) is 1. The van der Waals surface area contributed by atoms with E-state index in [1.807, 2.05) is 37.3 Å². The first-order chi connectivity index (χ1) is 10.0. The second-order valence-corrected chi connectivity index (χ2v) is 4.87. The fourth-order valence-corrected chi connectivity index (χ4v) is 1.99. The van der Waals surface area contributed by atoms with Crippen molar-refractivity contribution in [1.82, 2.24) is 4.98 Å². The molecule has 5 heteroatoms. The summed E-state index contributed by atoms with van der Waals surface area (Å²) in [5, 5.41) is 12.1. The highest BCUT2D eigenvalue weighted by Crippen LogP contribution is 2.24. The molecule has 0 spiro atoms. The predicted octanol–water partition coefficient (Wildman–Crippen LogP) is 2.75. The molecule has 2 rings (SSSR count). The number of ether oxygens (including phenoxy) is 1. The van der Waals surface area contributed by atoms with Crippen LogP contribution in [-0.4, -0.2) is 29.7 Å². The summed E-state index contributed by atoms with van der Waals surface area (Å²) < 4.78 is 5.62. The molecule has 0 aliphatic carbocycles. The van der Waals surface area contributed by atoms with Crippen LogP contribution < -0.4 is 5.32 Å². The zero-order valence-corrected chi connectivity index (χ0v) is 12.0. The van der Waals surface area contributed by atoms with Crippen LogP contribution >= 0.6 is 0 Å². The lowest BCUT2D eigenvalue weighted by Crippen LogP contribution is -2.33. The summed E-state index contributed by atoms with van der Waals surface area (Å²) in [5.41, 5.74) is 0.524. The molecule has 2 aromatic rings. The Kier molecular flexibility index (Phi) is 4.55. The topological polar surface area (TPSA) is 71.5 Å². The van der Waals surface area contributed by atoms with Crippen molar-refractivity contribution in [3.63, 3.8) is 0 Å². The van der Waals surface area contributed by atoms with Crippen LogP contribution in [-0.2, 0) is 10.3 Å². The number of aromatic nitrogens is 1. The Morgan fingerprint density at radius 1 is 1.24 bits per heavy atom. The van der Waals surface area contributed by atoms with Crippen molar-refractivity contribution in [3.05, 3.63) is 59.8 Å². The molecule has 0 radical (unpaired) electrons. The van der Waals surface area contributed by atoms with E-state index in [9.17, 15) is 4.79 Å². The molecular formula is C16H18N2O3. The van der Waals surface area contributed by atoms with Gasteiger partial charge < -0.3 is 15.2 Å². The van der Waals surface area contributed by atoms with Crippen LogP contribution in [0.4, 0.5) is 5.82 Å². The molecule has 0 amide bonds. The highest BCUT2D eigenvalue weighted by Gasteiger charge is 2.25. The van der Waals surface area contributed by atoms with Crippen LogP contribution in [0.3, 0.4) is 0 Å². The predicted molar refractivity (Wildman–Crippen MR) is 80.5 cm³/mol. The van der Waals surface area contributed by atoms with Crippen molar-refractivity contribution >= 4 is 11.8 Å². The van der Waals surface area contributed by atoms with E-state index >= 15 is 0 Å². The van der Waals surface area contributed by atoms with Crippen LogP contribution in [0.25, 0.3) is 0 Å². The maximum atomic E-state index is 10.9. The van der Waals surface area contributed by atoms with Gasteiger partial charge in [-0.25, -0.2) is 9.78 Å². The molecule has 2 N–H and O–H groups in total. The lowest BCUT2D eigenvalue weighted by Gasteiger charge is -2.29. The molecule has 5 nitrogen and oxygen atoms in total. The van der Waals surface area contributed by atoms with E-state index < -0.39 is 11.6 Å². The SMILES string of the molecule is COC(C)(CNc1cccc(C(=O)O)n1)c1ccccc1. The molecule has 1 aromatic carbocycles. The number of hydrogen-bond acceptors (Lipinski definition) is 4. The monoisotopic (exact) mass is 286 g/mol. The highest BCUT2D eigenvalue weighted by molar-refractivity contribution is 5.85. The molecule has 21 heavy (non-hydrogen) atoms. The zero-order chi connectivity index (χ0) is 15.3. The third-order valence-corrected chi connectivity index (χ3v) is 3.41. The van der Waals surface area contributed by atoms with Gasteiger partial charge in [-0.2, -0.15) is 0 Å². The van der Waals surface area contributed by atoms with Crippen LogP contribution in [0.15, 0.2) is 48.5 Å². The van der Waals surface area contributed by atoms with Gasteiger partial charge >= 0.3 is 5.97 Å². The molecule has 0 saturated carbocycles. The van der Waals surface area contributed by atoms with Crippen molar-refractivity contribution < 1.29 is 14.6 Å². The maximum Gasteiger partial charge on any atom is 0.354 e. The third-order valence-electron chi connectivity index (χ3n) is 3.41. The minimum absolute atomic E-state index is 0.0128. The molecule has 0 aliphatic rings. The van der Waals surface area contributed by atoms with Gasteiger partial charge in [-0.3, -0.25) is 0 Å². The van der Waals surface area contributed by atoms with Crippen molar-refractivity contribution in [3.8, 4) is 0 Å². The summed E-state index contributed by atoms with van der Waals surface area (Å²) in [5.74, 6) is -0.537. The van der Waals surface area contributed by atoms with E-state index in [4.69, 9.17) is 9.84 Å². The zero-order valence-electron chi connectivity index (χ0n) is 12.0. The van der Waals surface area contributed by atoms with E-state index in [1.54, 1.807) is 19.2 Å². The van der Waals surface area contributed by atoms with E-state index in [0.717, 1.165) is 5.56 Å². The minimum atomic E-state index is -1.05. The van der Waals surface area contributed by atoms with Gasteiger partial charge in [-0.15, -0.1) is 0 Å². The second-order valence-electron chi connectivity index (χ2n) is 4.87. The fourth-order valence-electron chi connectivity index (χ4n) is 1.99. The van der Waals surface area contributed by atoms with Crippen LogP contribution in [0.2, 0.25) is 0 Å². The van der Waals surface area contributed by atoms with Crippen molar-refractivity contribution in [2.24, 2.45) is 0 Å². The quantitative estimate of drug-likeness (QED) is 0.854. The largest absolute Gasteiger partial charge is 0.477 e. The summed E-state index contributed by atoms with van der Waals surface area (Å²) in [6.45, 7) is 2.44. The third kappa shape index (κ3) is 3.58.